The molecule has 1 aliphatic rings. The van der Waals surface area contributed by atoms with Gasteiger partial charge in [-0.2, -0.15) is 0 Å². The third-order valence-electron chi connectivity index (χ3n) is 6.66. The normalized spacial score (nSPS) is 28.4. The monoisotopic (exact) mass is 310 g/mol. The largest absolute Gasteiger partial charge is 0.417 e. The van der Waals surface area contributed by atoms with Crippen molar-refractivity contribution in [2.45, 2.75) is 86.4 Å². The summed E-state index contributed by atoms with van der Waals surface area (Å²) in [5.74, 6) is 0.713. The zero-order valence-electron chi connectivity index (χ0n) is 16.2. The molecule has 0 aromatic rings. The quantitative estimate of drug-likeness (QED) is 0.406. The summed E-state index contributed by atoms with van der Waals surface area (Å²) in [6.07, 6.45) is 4.88. The summed E-state index contributed by atoms with van der Waals surface area (Å²) in [5, 5.41) is 0.310. The Labute approximate surface area is 134 Å². The van der Waals surface area contributed by atoms with E-state index in [0.717, 1.165) is 6.61 Å². The number of hydrogen-bond donors (Lipinski definition) is 0. The molecule has 124 valence electrons. The molecule has 0 N–H and O–H groups in total. The first-order valence-electron chi connectivity index (χ1n) is 8.53. The van der Waals surface area contributed by atoms with Crippen LogP contribution in [0.4, 0.5) is 0 Å². The summed E-state index contributed by atoms with van der Waals surface area (Å²) >= 11 is 0. The SMILES string of the molecule is CC(C)=CCC[C@]1(C)[C@@H](CO[Si](C)(C)C(C)(C)C)C1(C)C. The maximum atomic E-state index is 6.50. The molecule has 21 heavy (non-hydrogen) atoms. The molecule has 0 spiro atoms. The van der Waals surface area contributed by atoms with Crippen LogP contribution in [0.1, 0.15) is 68.2 Å². The Morgan fingerprint density at radius 3 is 2.10 bits per heavy atom. The fraction of sp³-hybridized carbons (Fsp3) is 0.895. The summed E-state index contributed by atoms with van der Waals surface area (Å²) in [6.45, 7) is 24.4. The van der Waals surface area contributed by atoms with Crippen LogP contribution in [0.5, 0.6) is 0 Å². The number of allylic oxidation sites excluding steroid dienone is 2. The van der Waals surface area contributed by atoms with E-state index in [9.17, 15) is 0 Å². The molecule has 0 unspecified atom stereocenters. The minimum atomic E-state index is -1.61. The zero-order valence-corrected chi connectivity index (χ0v) is 17.2. The predicted octanol–water partition coefficient (Wildman–Crippen LogP) is 6.42. The van der Waals surface area contributed by atoms with Crippen molar-refractivity contribution in [3.8, 4) is 0 Å². The molecule has 2 atom stereocenters. The summed E-state index contributed by atoms with van der Waals surface area (Å²) in [6, 6.07) is 0. The predicted molar refractivity (Wildman–Crippen MR) is 97.2 cm³/mol. The molecule has 1 fully saturated rings. The molecule has 1 saturated carbocycles. The molecule has 1 aliphatic carbocycles. The Bertz CT molecular complexity index is 396. The summed E-state index contributed by atoms with van der Waals surface area (Å²) in [7, 11) is -1.61. The van der Waals surface area contributed by atoms with Crippen LogP contribution in [0.25, 0.3) is 0 Å². The van der Waals surface area contributed by atoms with E-state index < -0.39 is 8.32 Å². The lowest BCUT2D eigenvalue weighted by atomic mass is 9.92. The molecule has 0 aromatic heterocycles. The fourth-order valence-electron chi connectivity index (χ4n) is 3.26. The first kappa shape index (κ1) is 19.0. The van der Waals surface area contributed by atoms with Crippen LogP contribution in [-0.2, 0) is 4.43 Å². The minimum Gasteiger partial charge on any atom is -0.417 e. The van der Waals surface area contributed by atoms with Gasteiger partial charge in [0, 0.05) is 6.61 Å². The molecule has 0 amide bonds. The van der Waals surface area contributed by atoms with Crippen LogP contribution in [0, 0.1) is 16.7 Å². The Balaban J connectivity index is 2.63. The van der Waals surface area contributed by atoms with Gasteiger partial charge in [0.25, 0.3) is 0 Å². The van der Waals surface area contributed by atoms with Gasteiger partial charge in [0.2, 0.25) is 0 Å². The van der Waals surface area contributed by atoms with Gasteiger partial charge in [0.15, 0.2) is 8.32 Å². The maximum absolute atomic E-state index is 6.50. The molecular weight excluding hydrogens is 272 g/mol. The molecule has 2 heteroatoms. The van der Waals surface area contributed by atoms with Crippen LogP contribution >= 0.6 is 0 Å². The smallest absolute Gasteiger partial charge is 0.191 e. The van der Waals surface area contributed by atoms with Gasteiger partial charge in [-0.05, 0) is 61.6 Å². The molecule has 0 bridgehead atoms. The molecule has 0 radical (unpaired) electrons. The van der Waals surface area contributed by atoms with E-state index in [0.29, 0.717) is 21.8 Å². The van der Waals surface area contributed by atoms with Crippen molar-refractivity contribution < 1.29 is 4.43 Å². The summed E-state index contributed by atoms with van der Waals surface area (Å²) in [5.41, 5.74) is 2.30. The van der Waals surface area contributed by atoms with Crippen LogP contribution in [0.3, 0.4) is 0 Å². The molecule has 0 saturated heterocycles. The highest BCUT2D eigenvalue weighted by Gasteiger charge is 2.66. The van der Waals surface area contributed by atoms with Gasteiger partial charge < -0.3 is 4.43 Å². The standard InChI is InChI=1S/C19H38OSi/c1-15(2)12-11-13-19(8)16(18(19,6)7)14-20-21(9,10)17(3,4)5/h12,16H,11,13-14H2,1-10H3/t16-,19+/m0/s1. The van der Waals surface area contributed by atoms with Crippen LogP contribution in [0.15, 0.2) is 11.6 Å². The second kappa shape index (κ2) is 5.85. The Morgan fingerprint density at radius 2 is 1.67 bits per heavy atom. The van der Waals surface area contributed by atoms with Crippen molar-refractivity contribution in [2.24, 2.45) is 16.7 Å². The molecule has 1 rings (SSSR count). The first-order valence-corrected chi connectivity index (χ1v) is 11.4. The number of hydrogen-bond acceptors (Lipinski definition) is 1. The van der Waals surface area contributed by atoms with Crippen LogP contribution in [0.2, 0.25) is 18.1 Å². The maximum Gasteiger partial charge on any atom is 0.191 e. The Hall–Kier alpha value is -0.0831. The molecule has 1 nitrogen and oxygen atoms in total. The Morgan fingerprint density at radius 1 is 1.14 bits per heavy atom. The molecule has 0 heterocycles. The third kappa shape index (κ3) is 3.82. The van der Waals surface area contributed by atoms with Crippen molar-refractivity contribution in [3.05, 3.63) is 11.6 Å². The van der Waals surface area contributed by atoms with Gasteiger partial charge in [-0.3, -0.25) is 0 Å². The van der Waals surface area contributed by atoms with Gasteiger partial charge in [0.05, 0.1) is 0 Å². The van der Waals surface area contributed by atoms with E-state index in [2.05, 4.69) is 74.6 Å². The van der Waals surface area contributed by atoms with Gasteiger partial charge in [0.1, 0.15) is 0 Å². The second-order valence-electron chi connectivity index (χ2n) is 9.58. The molecule has 0 aliphatic heterocycles. The average molecular weight is 311 g/mol. The highest BCUT2D eigenvalue weighted by Crippen LogP contribution is 2.71. The summed E-state index contributed by atoms with van der Waals surface area (Å²) in [4.78, 5) is 0. The van der Waals surface area contributed by atoms with E-state index in [1.54, 1.807) is 0 Å². The van der Waals surface area contributed by atoms with Crippen molar-refractivity contribution in [1.29, 1.82) is 0 Å². The zero-order chi connectivity index (χ0) is 16.7. The van der Waals surface area contributed by atoms with Crippen molar-refractivity contribution >= 4 is 8.32 Å². The van der Waals surface area contributed by atoms with E-state index in [4.69, 9.17) is 4.43 Å². The molecular formula is C19H38OSi. The van der Waals surface area contributed by atoms with Crippen molar-refractivity contribution in [1.82, 2.24) is 0 Å². The highest BCUT2D eigenvalue weighted by atomic mass is 28.4. The third-order valence-corrected chi connectivity index (χ3v) is 11.2. The van der Waals surface area contributed by atoms with Gasteiger partial charge >= 0.3 is 0 Å². The lowest BCUT2D eigenvalue weighted by Crippen LogP contribution is -2.41. The van der Waals surface area contributed by atoms with E-state index in [1.165, 1.54) is 18.4 Å². The highest BCUT2D eigenvalue weighted by molar-refractivity contribution is 6.74. The van der Waals surface area contributed by atoms with Gasteiger partial charge in [-0.15, -0.1) is 0 Å². The van der Waals surface area contributed by atoms with Crippen LogP contribution < -0.4 is 0 Å². The fourth-order valence-corrected chi connectivity index (χ4v) is 4.27. The van der Waals surface area contributed by atoms with Crippen LogP contribution in [-0.4, -0.2) is 14.9 Å². The van der Waals surface area contributed by atoms with Gasteiger partial charge in [-0.25, -0.2) is 0 Å². The molecule has 0 aromatic carbocycles. The second-order valence-corrected chi connectivity index (χ2v) is 14.4. The average Bonchev–Trinajstić information content (AvgIpc) is 2.67. The topological polar surface area (TPSA) is 9.23 Å². The first-order chi connectivity index (χ1) is 9.26. The van der Waals surface area contributed by atoms with Crippen molar-refractivity contribution in [2.75, 3.05) is 6.61 Å². The lowest BCUT2D eigenvalue weighted by Gasteiger charge is -2.36. The summed E-state index contributed by atoms with van der Waals surface area (Å²) < 4.78 is 6.50. The minimum absolute atomic E-state index is 0.310. The number of rotatable bonds is 6. The van der Waals surface area contributed by atoms with E-state index in [1.807, 2.05) is 0 Å². The van der Waals surface area contributed by atoms with E-state index >= 15 is 0 Å². The van der Waals surface area contributed by atoms with Crippen molar-refractivity contribution in [3.63, 3.8) is 0 Å². The Kier molecular flexibility index (Phi) is 5.28. The van der Waals surface area contributed by atoms with E-state index in [-0.39, 0.29) is 0 Å². The lowest BCUT2D eigenvalue weighted by molar-refractivity contribution is 0.245. The van der Waals surface area contributed by atoms with Gasteiger partial charge in [-0.1, -0.05) is 53.2 Å².